The van der Waals surface area contributed by atoms with Crippen molar-refractivity contribution in [3.8, 4) is 0 Å². The zero-order valence-corrected chi connectivity index (χ0v) is 13.2. The zero-order chi connectivity index (χ0) is 14.2. The highest BCUT2D eigenvalue weighted by Gasteiger charge is 2.65. The lowest BCUT2D eigenvalue weighted by Gasteiger charge is -2.66. The Kier molecular flexibility index (Phi) is 3.88. The van der Waals surface area contributed by atoms with Crippen LogP contribution in [0.3, 0.4) is 0 Å². The third-order valence-electron chi connectivity index (χ3n) is 5.35. The molecule has 1 aromatic heterocycles. The second-order valence-corrected chi connectivity index (χ2v) is 7.43. The first-order valence-electron chi connectivity index (χ1n) is 7.54. The van der Waals surface area contributed by atoms with Crippen molar-refractivity contribution in [2.24, 2.45) is 17.1 Å². The van der Waals surface area contributed by atoms with Gasteiger partial charge >= 0.3 is 0 Å². The smallest absolute Gasteiger partial charge is 0.0794 e. The molecule has 0 aromatic carbocycles. The van der Waals surface area contributed by atoms with Gasteiger partial charge in [-0.3, -0.25) is 0 Å². The van der Waals surface area contributed by atoms with E-state index in [1.165, 1.54) is 12.1 Å². The van der Waals surface area contributed by atoms with E-state index in [0.717, 1.165) is 32.5 Å². The first kappa shape index (κ1) is 14.4. The van der Waals surface area contributed by atoms with Crippen LogP contribution in [0, 0.1) is 11.3 Å². The largest absolute Gasteiger partial charge is 0.377 e. The Labute approximate surface area is 125 Å². The van der Waals surface area contributed by atoms with E-state index < -0.39 is 0 Å². The Balaban J connectivity index is 1.53. The SMILES string of the molecule is CC1(C)C2OCCCC2C1(N)CNCCc1cscn1. The van der Waals surface area contributed by atoms with Gasteiger partial charge in [0.25, 0.3) is 0 Å². The van der Waals surface area contributed by atoms with Crippen molar-refractivity contribution in [1.82, 2.24) is 10.3 Å². The second-order valence-electron chi connectivity index (χ2n) is 6.71. The maximum atomic E-state index is 6.74. The second kappa shape index (κ2) is 5.37. The fourth-order valence-electron chi connectivity index (χ4n) is 3.90. The first-order valence-corrected chi connectivity index (χ1v) is 8.48. The normalized spacial score (nSPS) is 35.4. The van der Waals surface area contributed by atoms with Gasteiger partial charge in [0.15, 0.2) is 0 Å². The molecule has 4 nitrogen and oxygen atoms in total. The van der Waals surface area contributed by atoms with Gasteiger partial charge in [-0.1, -0.05) is 13.8 Å². The van der Waals surface area contributed by atoms with Crippen LogP contribution in [0.4, 0.5) is 0 Å². The molecule has 3 atom stereocenters. The molecule has 0 radical (unpaired) electrons. The van der Waals surface area contributed by atoms with Gasteiger partial charge in [-0.05, 0) is 12.8 Å². The molecular formula is C15H25N3OS. The van der Waals surface area contributed by atoms with Gasteiger partial charge < -0.3 is 15.8 Å². The zero-order valence-electron chi connectivity index (χ0n) is 12.4. The number of ether oxygens (including phenoxy) is 1. The summed E-state index contributed by atoms with van der Waals surface area (Å²) >= 11 is 1.65. The molecule has 2 aliphatic rings. The van der Waals surface area contributed by atoms with Crippen LogP contribution < -0.4 is 11.1 Å². The average Bonchev–Trinajstić information content (AvgIpc) is 2.96. The van der Waals surface area contributed by atoms with Crippen molar-refractivity contribution >= 4 is 11.3 Å². The van der Waals surface area contributed by atoms with Crippen LogP contribution in [0.1, 0.15) is 32.4 Å². The summed E-state index contributed by atoms with van der Waals surface area (Å²) in [4.78, 5) is 4.31. The molecule has 112 valence electrons. The Morgan fingerprint density at radius 3 is 3.15 bits per heavy atom. The summed E-state index contributed by atoms with van der Waals surface area (Å²) in [5.41, 5.74) is 9.72. The number of nitrogens with one attached hydrogen (secondary N) is 1. The third-order valence-corrected chi connectivity index (χ3v) is 5.99. The minimum Gasteiger partial charge on any atom is -0.377 e. The van der Waals surface area contributed by atoms with Crippen molar-refractivity contribution in [3.63, 3.8) is 0 Å². The molecule has 0 bridgehead atoms. The summed E-state index contributed by atoms with van der Waals surface area (Å²) in [6, 6.07) is 0. The van der Waals surface area contributed by atoms with Gasteiger partial charge in [-0.15, -0.1) is 11.3 Å². The molecule has 3 unspecified atom stereocenters. The molecule has 1 aliphatic heterocycles. The van der Waals surface area contributed by atoms with Crippen LogP contribution in [0.25, 0.3) is 0 Å². The summed E-state index contributed by atoms with van der Waals surface area (Å²) in [7, 11) is 0. The van der Waals surface area contributed by atoms with E-state index in [9.17, 15) is 0 Å². The van der Waals surface area contributed by atoms with Crippen molar-refractivity contribution in [2.45, 2.75) is 44.8 Å². The molecule has 5 heteroatoms. The number of rotatable bonds is 5. The minimum absolute atomic E-state index is 0.0612. The van der Waals surface area contributed by atoms with Gasteiger partial charge in [0.05, 0.1) is 17.3 Å². The van der Waals surface area contributed by atoms with Gasteiger partial charge in [0.1, 0.15) is 0 Å². The summed E-state index contributed by atoms with van der Waals surface area (Å²) < 4.78 is 5.94. The predicted octanol–water partition coefficient (Wildman–Crippen LogP) is 1.81. The third kappa shape index (κ3) is 2.21. The Hall–Kier alpha value is -0.490. The topological polar surface area (TPSA) is 60.2 Å². The van der Waals surface area contributed by atoms with Crippen LogP contribution >= 0.6 is 11.3 Å². The van der Waals surface area contributed by atoms with Crippen LogP contribution in [0.15, 0.2) is 10.9 Å². The highest BCUT2D eigenvalue weighted by Crippen LogP contribution is 2.56. The summed E-state index contributed by atoms with van der Waals surface area (Å²) in [6.07, 6.45) is 3.68. The van der Waals surface area contributed by atoms with E-state index in [0.29, 0.717) is 12.0 Å². The molecular weight excluding hydrogens is 270 g/mol. The fourth-order valence-corrected chi connectivity index (χ4v) is 4.49. The van der Waals surface area contributed by atoms with Gasteiger partial charge in [0.2, 0.25) is 0 Å². The van der Waals surface area contributed by atoms with Crippen molar-refractivity contribution in [3.05, 3.63) is 16.6 Å². The van der Waals surface area contributed by atoms with Gasteiger partial charge in [0, 0.05) is 48.4 Å². The lowest BCUT2D eigenvalue weighted by Crippen LogP contribution is -2.80. The van der Waals surface area contributed by atoms with E-state index in [1.54, 1.807) is 11.3 Å². The number of fused-ring (bicyclic) bond motifs is 1. The summed E-state index contributed by atoms with van der Waals surface area (Å²) in [5, 5.41) is 5.65. The Morgan fingerprint density at radius 2 is 2.40 bits per heavy atom. The van der Waals surface area contributed by atoms with Gasteiger partial charge in [-0.2, -0.15) is 0 Å². The maximum absolute atomic E-state index is 6.74. The quantitative estimate of drug-likeness (QED) is 0.813. The first-order chi connectivity index (χ1) is 9.56. The highest BCUT2D eigenvalue weighted by molar-refractivity contribution is 7.07. The van der Waals surface area contributed by atoms with Crippen molar-refractivity contribution in [1.29, 1.82) is 0 Å². The van der Waals surface area contributed by atoms with E-state index in [4.69, 9.17) is 10.5 Å². The number of hydrogen-bond donors (Lipinski definition) is 2. The molecule has 3 rings (SSSR count). The molecule has 1 aliphatic carbocycles. The van der Waals surface area contributed by atoms with Crippen LogP contribution in [0.5, 0.6) is 0 Å². The molecule has 0 spiro atoms. The average molecular weight is 295 g/mol. The minimum atomic E-state index is -0.139. The van der Waals surface area contributed by atoms with Crippen molar-refractivity contribution in [2.75, 3.05) is 19.7 Å². The summed E-state index contributed by atoms with van der Waals surface area (Å²) in [5.74, 6) is 0.512. The van der Waals surface area contributed by atoms with Crippen molar-refractivity contribution < 1.29 is 4.74 Å². The molecule has 1 saturated heterocycles. The number of thiazole rings is 1. The lowest BCUT2D eigenvalue weighted by molar-refractivity contribution is -0.225. The highest BCUT2D eigenvalue weighted by atomic mass is 32.1. The standard InChI is InChI=1S/C15H25N3OS/c1-14(2)13-12(4-3-7-19-13)15(14,16)9-17-6-5-11-8-20-10-18-11/h8,10,12-13,17H,3-7,9,16H2,1-2H3. The van der Waals surface area contributed by atoms with E-state index in [-0.39, 0.29) is 11.0 Å². The van der Waals surface area contributed by atoms with Crippen LogP contribution in [-0.2, 0) is 11.2 Å². The molecule has 3 N–H and O–H groups in total. The monoisotopic (exact) mass is 295 g/mol. The lowest BCUT2D eigenvalue weighted by atomic mass is 9.46. The number of aromatic nitrogens is 1. The van der Waals surface area contributed by atoms with Gasteiger partial charge in [-0.25, -0.2) is 4.98 Å². The number of nitrogens with zero attached hydrogens (tertiary/aromatic N) is 1. The molecule has 1 saturated carbocycles. The van der Waals surface area contributed by atoms with E-state index >= 15 is 0 Å². The molecule has 0 amide bonds. The number of nitrogens with two attached hydrogens (primary N) is 1. The Morgan fingerprint density at radius 1 is 1.55 bits per heavy atom. The molecule has 2 heterocycles. The van der Waals surface area contributed by atoms with Crippen LogP contribution in [-0.4, -0.2) is 36.3 Å². The summed E-state index contributed by atoms with van der Waals surface area (Å²) in [6.45, 7) is 7.22. The molecule has 20 heavy (non-hydrogen) atoms. The number of hydrogen-bond acceptors (Lipinski definition) is 5. The van der Waals surface area contributed by atoms with E-state index in [1.807, 2.05) is 5.51 Å². The Bertz CT molecular complexity index is 448. The predicted molar refractivity (Wildman–Crippen MR) is 81.9 cm³/mol. The fraction of sp³-hybridized carbons (Fsp3) is 0.800. The van der Waals surface area contributed by atoms with E-state index in [2.05, 4.69) is 29.5 Å². The maximum Gasteiger partial charge on any atom is 0.0794 e. The molecule has 2 fully saturated rings. The molecule has 1 aromatic rings. The van der Waals surface area contributed by atoms with Crippen LogP contribution in [0.2, 0.25) is 0 Å².